The van der Waals surface area contributed by atoms with Crippen LogP contribution in [0.1, 0.15) is 27.6 Å². The molecule has 1 N–H and O–H groups in total. The van der Waals surface area contributed by atoms with Gasteiger partial charge in [-0.1, -0.05) is 18.2 Å². The standard InChI is InChI=1S/C24H19NO4S/c1-14-10-12-30-23(14)20-19(21(26)16-7-8-18-15(13-16)9-11-29-18)22(27)24(28)25(20)17-5-3-2-4-6-17/h2-8,10,12-13,20,26H,9,11H2,1H3/b21-19-. The third-order valence-corrected chi connectivity index (χ3v) is 6.66. The number of carbonyl (C=O) groups is 2. The number of carbonyl (C=O) groups excluding carboxylic acids is 2. The van der Waals surface area contributed by atoms with E-state index < -0.39 is 17.7 Å². The monoisotopic (exact) mass is 417 g/mol. The van der Waals surface area contributed by atoms with Gasteiger partial charge in [-0.25, -0.2) is 0 Å². The fourth-order valence-corrected chi connectivity index (χ4v) is 5.11. The van der Waals surface area contributed by atoms with Crippen molar-refractivity contribution in [2.24, 2.45) is 0 Å². The molecule has 0 saturated carbocycles. The first kappa shape index (κ1) is 18.6. The normalized spacial score (nSPS) is 19.8. The van der Waals surface area contributed by atoms with Crippen molar-refractivity contribution in [2.75, 3.05) is 11.5 Å². The molecule has 1 aromatic heterocycles. The van der Waals surface area contributed by atoms with E-state index in [2.05, 4.69) is 0 Å². The lowest BCUT2D eigenvalue weighted by atomic mass is 9.97. The number of nitrogens with zero attached hydrogens (tertiary/aromatic N) is 1. The third-order valence-electron chi connectivity index (χ3n) is 5.59. The molecule has 1 atom stereocenters. The summed E-state index contributed by atoms with van der Waals surface area (Å²) in [5.74, 6) is -0.669. The quantitative estimate of drug-likeness (QED) is 0.384. The maximum absolute atomic E-state index is 13.1. The summed E-state index contributed by atoms with van der Waals surface area (Å²) in [6.07, 6.45) is 0.752. The minimum Gasteiger partial charge on any atom is -0.507 e. The Labute approximate surface area is 177 Å². The van der Waals surface area contributed by atoms with Crippen LogP contribution in [-0.2, 0) is 16.0 Å². The predicted molar refractivity (Wildman–Crippen MR) is 116 cm³/mol. The van der Waals surface area contributed by atoms with Crippen LogP contribution < -0.4 is 9.64 Å². The van der Waals surface area contributed by atoms with Gasteiger partial charge in [-0.15, -0.1) is 11.3 Å². The minimum atomic E-state index is -0.675. The molecule has 0 spiro atoms. The molecular weight excluding hydrogens is 398 g/mol. The van der Waals surface area contributed by atoms with Gasteiger partial charge in [-0.3, -0.25) is 14.5 Å². The second-order valence-electron chi connectivity index (χ2n) is 7.39. The summed E-state index contributed by atoms with van der Waals surface area (Å²) in [4.78, 5) is 28.6. The fourth-order valence-electron chi connectivity index (χ4n) is 4.09. The number of rotatable bonds is 3. The molecular formula is C24H19NO4S. The number of aliphatic hydroxyl groups is 1. The topological polar surface area (TPSA) is 66.8 Å². The molecule has 3 aromatic rings. The van der Waals surface area contributed by atoms with Gasteiger partial charge >= 0.3 is 0 Å². The van der Waals surface area contributed by atoms with Gasteiger partial charge in [0.15, 0.2) is 0 Å². The number of anilines is 1. The molecule has 5 rings (SSSR count). The number of para-hydroxylation sites is 1. The van der Waals surface area contributed by atoms with Crippen molar-refractivity contribution >= 4 is 34.5 Å². The summed E-state index contributed by atoms with van der Waals surface area (Å²) >= 11 is 1.47. The number of hydrogen-bond donors (Lipinski definition) is 1. The van der Waals surface area contributed by atoms with E-state index in [9.17, 15) is 14.7 Å². The minimum absolute atomic E-state index is 0.119. The van der Waals surface area contributed by atoms with E-state index in [1.807, 2.05) is 42.6 Å². The van der Waals surface area contributed by atoms with E-state index >= 15 is 0 Å². The van der Waals surface area contributed by atoms with Gasteiger partial charge in [0.1, 0.15) is 17.6 Å². The summed E-state index contributed by atoms with van der Waals surface area (Å²) in [6.45, 7) is 2.55. The number of fused-ring (bicyclic) bond motifs is 1. The molecule has 1 amide bonds. The second-order valence-corrected chi connectivity index (χ2v) is 8.34. The van der Waals surface area contributed by atoms with E-state index in [0.29, 0.717) is 17.9 Å². The molecule has 2 aromatic carbocycles. The average molecular weight is 417 g/mol. The molecule has 1 saturated heterocycles. The number of hydrogen-bond acceptors (Lipinski definition) is 5. The molecule has 5 nitrogen and oxygen atoms in total. The Bertz CT molecular complexity index is 1190. The molecule has 3 heterocycles. The summed E-state index contributed by atoms with van der Waals surface area (Å²) in [7, 11) is 0. The van der Waals surface area contributed by atoms with E-state index in [-0.39, 0.29) is 11.3 Å². The van der Waals surface area contributed by atoms with Gasteiger partial charge in [0.25, 0.3) is 11.7 Å². The SMILES string of the molecule is Cc1ccsc1C1/C(=C(/O)c2ccc3c(c2)CCO3)C(=O)C(=O)N1c1ccccc1. The molecule has 1 unspecified atom stereocenters. The number of benzene rings is 2. The Kier molecular flexibility index (Phi) is 4.44. The van der Waals surface area contributed by atoms with Crippen LogP contribution in [0.25, 0.3) is 5.76 Å². The zero-order valence-corrected chi connectivity index (χ0v) is 17.1. The maximum atomic E-state index is 13.1. The third kappa shape index (κ3) is 2.83. The first-order chi connectivity index (χ1) is 14.6. The number of amides is 1. The molecule has 0 radical (unpaired) electrons. The zero-order chi connectivity index (χ0) is 20.8. The highest BCUT2D eigenvalue weighted by atomic mass is 32.1. The molecule has 6 heteroatoms. The molecule has 0 bridgehead atoms. The van der Waals surface area contributed by atoms with Crippen molar-refractivity contribution in [3.05, 3.63) is 87.1 Å². The van der Waals surface area contributed by atoms with Gasteiger partial charge in [0, 0.05) is 22.5 Å². The van der Waals surface area contributed by atoms with Gasteiger partial charge in [0.2, 0.25) is 0 Å². The number of thiophene rings is 1. The van der Waals surface area contributed by atoms with E-state index in [1.54, 1.807) is 24.3 Å². The van der Waals surface area contributed by atoms with Crippen LogP contribution in [0, 0.1) is 6.92 Å². The highest BCUT2D eigenvalue weighted by Gasteiger charge is 2.47. The van der Waals surface area contributed by atoms with Gasteiger partial charge in [0.05, 0.1) is 12.2 Å². The molecule has 30 heavy (non-hydrogen) atoms. The molecule has 2 aliphatic rings. The second kappa shape index (κ2) is 7.15. The van der Waals surface area contributed by atoms with Crippen molar-refractivity contribution < 1.29 is 19.4 Å². The maximum Gasteiger partial charge on any atom is 0.300 e. The van der Waals surface area contributed by atoms with E-state index in [1.165, 1.54) is 16.2 Å². The summed E-state index contributed by atoms with van der Waals surface area (Å²) in [5.41, 5.74) is 3.22. The molecule has 1 fully saturated rings. The van der Waals surface area contributed by atoms with Crippen molar-refractivity contribution in [3.8, 4) is 5.75 Å². The van der Waals surface area contributed by atoms with Crippen LogP contribution in [0.15, 0.2) is 65.6 Å². The first-order valence-corrected chi connectivity index (χ1v) is 10.6. The van der Waals surface area contributed by atoms with Crippen molar-refractivity contribution in [2.45, 2.75) is 19.4 Å². The van der Waals surface area contributed by atoms with Crippen molar-refractivity contribution in [1.82, 2.24) is 0 Å². The summed E-state index contributed by atoms with van der Waals surface area (Å²) in [5, 5.41) is 13.1. The number of Topliss-reactive ketones (excluding diaryl/α,β-unsaturated/α-hetero) is 1. The van der Waals surface area contributed by atoms with Gasteiger partial charge in [-0.05, 0) is 59.8 Å². The lowest BCUT2D eigenvalue weighted by Crippen LogP contribution is -2.29. The summed E-state index contributed by atoms with van der Waals surface area (Å²) in [6, 6.07) is 15.8. The molecule has 0 aliphatic carbocycles. The highest BCUT2D eigenvalue weighted by molar-refractivity contribution is 7.10. The highest BCUT2D eigenvalue weighted by Crippen LogP contribution is 2.45. The molecule has 2 aliphatic heterocycles. The van der Waals surface area contributed by atoms with E-state index in [4.69, 9.17) is 4.74 Å². The number of ether oxygens (including phenoxy) is 1. The largest absolute Gasteiger partial charge is 0.507 e. The Morgan fingerprint density at radius 1 is 1.13 bits per heavy atom. The van der Waals surface area contributed by atoms with Gasteiger partial charge < -0.3 is 9.84 Å². The summed E-state index contributed by atoms with van der Waals surface area (Å²) < 4.78 is 5.54. The first-order valence-electron chi connectivity index (χ1n) is 9.72. The Balaban J connectivity index is 1.71. The molecule has 150 valence electrons. The van der Waals surface area contributed by atoms with Gasteiger partial charge in [-0.2, -0.15) is 0 Å². The van der Waals surface area contributed by atoms with E-state index in [0.717, 1.165) is 28.2 Å². The average Bonchev–Trinajstić information content (AvgIpc) is 3.46. The Hall–Kier alpha value is -3.38. The van der Waals surface area contributed by atoms with Crippen LogP contribution in [0.2, 0.25) is 0 Å². The Morgan fingerprint density at radius 3 is 2.67 bits per heavy atom. The number of aliphatic hydroxyl groups excluding tert-OH is 1. The van der Waals surface area contributed by atoms with Crippen LogP contribution >= 0.6 is 11.3 Å². The van der Waals surface area contributed by atoms with Crippen LogP contribution in [-0.4, -0.2) is 23.4 Å². The zero-order valence-electron chi connectivity index (χ0n) is 16.3. The van der Waals surface area contributed by atoms with Crippen molar-refractivity contribution in [3.63, 3.8) is 0 Å². The fraction of sp³-hybridized carbons (Fsp3) is 0.167. The predicted octanol–water partition coefficient (Wildman–Crippen LogP) is 4.62. The number of aryl methyl sites for hydroxylation is 1. The smallest absolute Gasteiger partial charge is 0.300 e. The van der Waals surface area contributed by atoms with Crippen LogP contribution in [0.3, 0.4) is 0 Å². The van der Waals surface area contributed by atoms with Crippen LogP contribution in [0.5, 0.6) is 5.75 Å². The van der Waals surface area contributed by atoms with Crippen LogP contribution in [0.4, 0.5) is 5.69 Å². The lowest BCUT2D eigenvalue weighted by molar-refractivity contribution is -0.132. The lowest BCUT2D eigenvalue weighted by Gasteiger charge is -2.25. The Morgan fingerprint density at radius 2 is 1.93 bits per heavy atom. The number of ketones is 1. The van der Waals surface area contributed by atoms with Crippen molar-refractivity contribution in [1.29, 1.82) is 0 Å².